The summed E-state index contributed by atoms with van der Waals surface area (Å²) in [4.78, 5) is 14.9. The first-order chi connectivity index (χ1) is 11.5. The van der Waals surface area contributed by atoms with Gasteiger partial charge in [0, 0.05) is 11.6 Å². The predicted molar refractivity (Wildman–Crippen MR) is 96.5 cm³/mol. The number of rotatable bonds is 5. The Kier molecular flexibility index (Phi) is 8.49. The Labute approximate surface area is 144 Å². The van der Waals surface area contributed by atoms with E-state index in [1.54, 1.807) is 6.20 Å². The SMILES string of the molecule is CCCCCC(C)C(=O)OC.Cc1ccc2c(C#N)nccc2c1. The number of aromatic nitrogens is 1. The molecule has 4 nitrogen and oxygen atoms in total. The number of nitriles is 1. The molecular weight excluding hydrogens is 300 g/mol. The normalized spacial score (nSPS) is 11.1. The van der Waals surface area contributed by atoms with Crippen molar-refractivity contribution in [3.63, 3.8) is 0 Å². The van der Waals surface area contributed by atoms with E-state index in [4.69, 9.17) is 5.26 Å². The fourth-order valence-electron chi connectivity index (χ4n) is 2.41. The predicted octanol–water partition coefficient (Wildman–Crippen LogP) is 4.79. The fraction of sp³-hybridized carbons (Fsp3) is 0.450. The fourth-order valence-corrected chi connectivity index (χ4v) is 2.41. The van der Waals surface area contributed by atoms with Gasteiger partial charge in [0.2, 0.25) is 0 Å². The molecule has 0 bridgehead atoms. The highest BCUT2D eigenvalue weighted by Gasteiger charge is 2.11. The number of unbranched alkanes of at least 4 members (excludes halogenated alkanes) is 2. The molecular formula is C20H26N2O2. The summed E-state index contributed by atoms with van der Waals surface area (Å²) < 4.78 is 4.60. The summed E-state index contributed by atoms with van der Waals surface area (Å²) in [5.74, 6) is -0.00680. The third kappa shape index (κ3) is 6.00. The number of nitrogens with zero attached hydrogens (tertiary/aromatic N) is 2. The molecule has 0 N–H and O–H groups in total. The maximum atomic E-state index is 10.9. The van der Waals surface area contributed by atoms with Gasteiger partial charge in [-0.25, -0.2) is 4.98 Å². The molecule has 24 heavy (non-hydrogen) atoms. The van der Waals surface area contributed by atoms with Gasteiger partial charge in [-0.2, -0.15) is 5.26 Å². The van der Waals surface area contributed by atoms with E-state index in [1.807, 2.05) is 32.0 Å². The van der Waals surface area contributed by atoms with Gasteiger partial charge in [0.1, 0.15) is 11.8 Å². The van der Waals surface area contributed by atoms with Crippen LogP contribution in [-0.2, 0) is 9.53 Å². The Balaban J connectivity index is 0.000000245. The largest absolute Gasteiger partial charge is 0.469 e. The molecule has 0 fully saturated rings. The van der Waals surface area contributed by atoms with E-state index in [2.05, 4.69) is 28.8 Å². The van der Waals surface area contributed by atoms with Gasteiger partial charge < -0.3 is 4.74 Å². The molecule has 0 saturated heterocycles. The first kappa shape index (κ1) is 19.6. The van der Waals surface area contributed by atoms with Crippen LogP contribution in [0.25, 0.3) is 10.8 Å². The minimum atomic E-state index is -0.0823. The average molecular weight is 326 g/mol. The van der Waals surface area contributed by atoms with Crippen molar-refractivity contribution in [3.05, 3.63) is 41.7 Å². The standard InChI is InChI=1S/C11H8N2.C9H18O2/c1-8-2-3-10-9(6-8)4-5-13-11(10)7-12;1-4-5-6-7-8(2)9(10)11-3/h2-6H,1H3;8H,4-7H2,1-3H3. The molecule has 2 rings (SSSR count). The summed E-state index contributed by atoms with van der Waals surface area (Å²) in [6.07, 6.45) is 6.17. The van der Waals surface area contributed by atoms with E-state index >= 15 is 0 Å². The zero-order valence-corrected chi connectivity index (χ0v) is 15.0. The van der Waals surface area contributed by atoms with E-state index in [-0.39, 0.29) is 11.9 Å². The van der Waals surface area contributed by atoms with Crippen LogP contribution in [0.3, 0.4) is 0 Å². The van der Waals surface area contributed by atoms with E-state index in [0.29, 0.717) is 5.69 Å². The molecule has 1 aromatic heterocycles. The van der Waals surface area contributed by atoms with Crippen molar-refractivity contribution in [3.8, 4) is 6.07 Å². The molecule has 4 heteroatoms. The number of carbonyl (C=O) groups excluding carboxylic acids is 1. The molecule has 1 atom stereocenters. The van der Waals surface area contributed by atoms with Crippen LogP contribution < -0.4 is 0 Å². The Morgan fingerprint density at radius 2 is 2.08 bits per heavy atom. The topological polar surface area (TPSA) is 63.0 Å². The van der Waals surface area contributed by atoms with Crippen molar-refractivity contribution in [2.24, 2.45) is 5.92 Å². The summed E-state index contributed by atoms with van der Waals surface area (Å²) >= 11 is 0. The van der Waals surface area contributed by atoms with Crippen molar-refractivity contribution in [1.82, 2.24) is 4.98 Å². The van der Waals surface area contributed by atoms with Crippen LogP contribution in [0.1, 0.15) is 50.8 Å². The second-order valence-corrected chi connectivity index (χ2v) is 5.92. The summed E-state index contributed by atoms with van der Waals surface area (Å²) in [7, 11) is 1.44. The lowest BCUT2D eigenvalue weighted by molar-refractivity contribution is -0.145. The monoisotopic (exact) mass is 326 g/mol. The molecule has 2 aromatic rings. The minimum absolute atomic E-state index is 0.0755. The molecule has 0 aliphatic carbocycles. The number of hydrogen-bond acceptors (Lipinski definition) is 4. The van der Waals surface area contributed by atoms with E-state index in [9.17, 15) is 4.79 Å². The van der Waals surface area contributed by atoms with Crippen molar-refractivity contribution in [2.45, 2.75) is 46.5 Å². The highest BCUT2D eigenvalue weighted by Crippen LogP contribution is 2.17. The highest BCUT2D eigenvalue weighted by atomic mass is 16.5. The Morgan fingerprint density at radius 1 is 1.33 bits per heavy atom. The zero-order chi connectivity index (χ0) is 17.9. The Bertz CT molecular complexity index is 704. The Morgan fingerprint density at radius 3 is 2.71 bits per heavy atom. The van der Waals surface area contributed by atoms with Gasteiger partial charge in [0.25, 0.3) is 0 Å². The smallest absolute Gasteiger partial charge is 0.308 e. The van der Waals surface area contributed by atoms with Crippen LogP contribution in [0.15, 0.2) is 30.5 Å². The molecule has 0 amide bonds. The maximum Gasteiger partial charge on any atom is 0.308 e. The molecule has 0 aliphatic rings. The quantitative estimate of drug-likeness (QED) is 0.585. The van der Waals surface area contributed by atoms with Gasteiger partial charge in [-0.3, -0.25) is 4.79 Å². The number of benzene rings is 1. The van der Waals surface area contributed by atoms with Crippen LogP contribution in [0, 0.1) is 24.2 Å². The number of ether oxygens (including phenoxy) is 1. The van der Waals surface area contributed by atoms with Gasteiger partial charge in [0.15, 0.2) is 0 Å². The first-order valence-corrected chi connectivity index (χ1v) is 8.36. The van der Waals surface area contributed by atoms with Gasteiger partial charge >= 0.3 is 5.97 Å². The number of fused-ring (bicyclic) bond motifs is 1. The van der Waals surface area contributed by atoms with Crippen molar-refractivity contribution >= 4 is 16.7 Å². The maximum absolute atomic E-state index is 10.9. The van der Waals surface area contributed by atoms with Crippen LogP contribution in [-0.4, -0.2) is 18.1 Å². The summed E-state index contributed by atoms with van der Waals surface area (Å²) in [6, 6.07) is 9.98. The molecule has 1 aromatic carbocycles. The summed E-state index contributed by atoms with van der Waals surface area (Å²) in [6.45, 7) is 6.11. The molecule has 0 aliphatic heterocycles. The van der Waals surface area contributed by atoms with Crippen LogP contribution in [0.4, 0.5) is 0 Å². The molecule has 1 unspecified atom stereocenters. The number of hydrogen-bond donors (Lipinski definition) is 0. The molecule has 0 spiro atoms. The molecule has 0 saturated carbocycles. The number of pyridine rings is 1. The van der Waals surface area contributed by atoms with Crippen LogP contribution in [0.2, 0.25) is 0 Å². The van der Waals surface area contributed by atoms with Crippen LogP contribution >= 0.6 is 0 Å². The lowest BCUT2D eigenvalue weighted by Crippen LogP contribution is -2.12. The van der Waals surface area contributed by atoms with Gasteiger partial charge in [0.05, 0.1) is 13.0 Å². The van der Waals surface area contributed by atoms with E-state index in [1.165, 1.54) is 25.5 Å². The van der Waals surface area contributed by atoms with Gasteiger partial charge in [-0.1, -0.05) is 56.9 Å². The third-order valence-electron chi connectivity index (χ3n) is 3.87. The van der Waals surface area contributed by atoms with Crippen LogP contribution in [0.5, 0.6) is 0 Å². The summed E-state index contributed by atoms with van der Waals surface area (Å²) in [5, 5.41) is 10.8. The van der Waals surface area contributed by atoms with Gasteiger partial charge in [-0.05, 0) is 24.8 Å². The molecule has 128 valence electrons. The highest BCUT2D eigenvalue weighted by molar-refractivity contribution is 5.86. The zero-order valence-electron chi connectivity index (χ0n) is 15.0. The lowest BCUT2D eigenvalue weighted by Gasteiger charge is -2.07. The van der Waals surface area contributed by atoms with Gasteiger partial charge in [-0.15, -0.1) is 0 Å². The summed E-state index contributed by atoms with van der Waals surface area (Å²) in [5.41, 5.74) is 1.69. The number of methoxy groups -OCH3 is 1. The minimum Gasteiger partial charge on any atom is -0.469 e. The second-order valence-electron chi connectivity index (χ2n) is 5.92. The van der Waals surface area contributed by atoms with Crippen molar-refractivity contribution in [2.75, 3.05) is 7.11 Å². The first-order valence-electron chi connectivity index (χ1n) is 8.36. The number of aryl methyl sites for hydroxylation is 1. The third-order valence-corrected chi connectivity index (χ3v) is 3.87. The molecule has 1 heterocycles. The number of esters is 1. The second kappa shape index (κ2) is 10.4. The van der Waals surface area contributed by atoms with E-state index in [0.717, 1.165) is 23.6 Å². The van der Waals surface area contributed by atoms with E-state index < -0.39 is 0 Å². The average Bonchev–Trinajstić information content (AvgIpc) is 2.60. The lowest BCUT2D eigenvalue weighted by atomic mass is 10.0. The number of carbonyl (C=O) groups is 1. The van der Waals surface area contributed by atoms with Crippen molar-refractivity contribution < 1.29 is 9.53 Å². The molecule has 0 radical (unpaired) electrons. The van der Waals surface area contributed by atoms with Crippen molar-refractivity contribution in [1.29, 1.82) is 5.26 Å². The Hall–Kier alpha value is -2.41.